The molecule has 0 saturated carbocycles. The topological polar surface area (TPSA) is 29.1 Å². The van der Waals surface area contributed by atoms with Gasteiger partial charge in [-0.05, 0) is 13.3 Å². The minimum atomic E-state index is 0.279. The summed E-state index contributed by atoms with van der Waals surface area (Å²) in [7, 11) is 0. The van der Waals surface area contributed by atoms with Crippen LogP contribution in [0.15, 0.2) is 0 Å². The molecule has 1 saturated heterocycles. The largest absolute Gasteiger partial charge is 0.307 e. The average molecular weight is 127 g/mol. The fourth-order valence-electron chi connectivity index (χ4n) is 1.19. The molecule has 0 aliphatic carbocycles. The Labute approximate surface area is 55.6 Å². The lowest BCUT2D eigenvalue weighted by molar-refractivity contribution is -0.123. The molecule has 9 heavy (non-hydrogen) atoms. The molecule has 1 aliphatic heterocycles. The molecule has 1 heterocycles. The van der Waals surface area contributed by atoms with Crippen molar-refractivity contribution < 1.29 is 4.79 Å². The maximum atomic E-state index is 10.9. The Kier molecular flexibility index (Phi) is 1.86. The minimum absolute atomic E-state index is 0.279. The van der Waals surface area contributed by atoms with E-state index in [2.05, 4.69) is 12.2 Å². The first kappa shape index (κ1) is 6.75. The fraction of sp³-hybridized carbons (Fsp3) is 0.857. The van der Waals surface area contributed by atoms with Crippen LogP contribution in [0.1, 0.15) is 20.3 Å². The summed E-state index contributed by atoms with van der Waals surface area (Å²) in [6.45, 7) is 4.69. The summed E-state index contributed by atoms with van der Waals surface area (Å²) in [5.41, 5.74) is 0. The monoisotopic (exact) mass is 127 g/mol. The standard InChI is InChI=1S/C7H13NO/c1-5-3-6(2)8-4-7(5)9/h5-6,8H,3-4H2,1-2H3. The molecule has 1 aliphatic rings. The van der Waals surface area contributed by atoms with Crippen molar-refractivity contribution in [1.29, 1.82) is 0 Å². The predicted molar refractivity (Wildman–Crippen MR) is 36.3 cm³/mol. The highest BCUT2D eigenvalue weighted by atomic mass is 16.1. The van der Waals surface area contributed by atoms with Crippen molar-refractivity contribution in [3.63, 3.8) is 0 Å². The molecule has 0 bridgehead atoms. The zero-order valence-corrected chi connectivity index (χ0v) is 5.98. The molecule has 1 N–H and O–H groups in total. The number of hydrogen-bond donors (Lipinski definition) is 1. The van der Waals surface area contributed by atoms with Crippen LogP contribution in [-0.2, 0) is 4.79 Å². The van der Waals surface area contributed by atoms with Gasteiger partial charge in [0.25, 0.3) is 0 Å². The Balaban J connectivity index is 2.44. The van der Waals surface area contributed by atoms with Crippen LogP contribution in [0.4, 0.5) is 0 Å². The Morgan fingerprint density at radius 3 is 2.67 bits per heavy atom. The summed E-state index contributed by atoms with van der Waals surface area (Å²) in [6.07, 6.45) is 0.999. The third kappa shape index (κ3) is 1.52. The molecule has 0 aromatic heterocycles. The quantitative estimate of drug-likeness (QED) is 0.515. The third-order valence-electron chi connectivity index (χ3n) is 1.88. The number of Topliss-reactive ketones (excluding diaryl/α,β-unsaturated/α-hetero) is 1. The summed E-state index contributed by atoms with van der Waals surface area (Å²) in [6, 6.07) is 0.526. The van der Waals surface area contributed by atoms with E-state index in [0.29, 0.717) is 18.4 Å². The van der Waals surface area contributed by atoms with Gasteiger partial charge in [0.1, 0.15) is 5.78 Å². The molecule has 2 nitrogen and oxygen atoms in total. The average Bonchev–Trinajstić information content (AvgIpc) is 1.80. The van der Waals surface area contributed by atoms with Crippen molar-refractivity contribution >= 4 is 5.78 Å². The molecule has 0 aromatic carbocycles. The second kappa shape index (κ2) is 2.48. The Bertz CT molecular complexity index is 122. The van der Waals surface area contributed by atoms with E-state index in [4.69, 9.17) is 0 Å². The molecule has 52 valence electrons. The van der Waals surface area contributed by atoms with Gasteiger partial charge in [-0.25, -0.2) is 0 Å². The van der Waals surface area contributed by atoms with Gasteiger partial charge < -0.3 is 5.32 Å². The van der Waals surface area contributed by atoms with E-state index in [1.807, 2.05) is 6.92 Å². The maximum Gasteiger partial charge on any atom is 0.149 e. The van der Waals surface area contributed by atoms with Crippen LogP contribution in [0, 0.1) is 5.92 Å². The van der Waals surface area contributed by atoms with Crippen molar-refractivity contribution in [2.24, 2.45) is 5.92 Å². The number of nitrogens with one attached hydrogen (secondary N) is 1. The Morgan fingerprint density at radius 1 is 1.56 bits per heavy atom. The number of rotatable bonds is 0. The molecule has 2 atom stereocenters. The smallest absolute Gasteiger partial charge is 0.149 e. The molecule has 1 fully saturated rings. The van der Waals surface area contributed by atoms with Crippen LogP contribution < -0.4 is 5.32 Å². The first-order valence-electron chi connectivity index (χ1n) is 3.46. The molecule has 0 amide bonds. The van der Waals surface area contributed by atoms with E-state index in [1.165, 1.54) is 0 Å². The van der Waals surface area contributed by atoms with Crippen molar-refractivity contribution in [2.75, 3.05) is 6.54 Å². The summed E-state index contributed by atoms with van der Waals surface area (Å²) >= 11 is 0. The molecular weight excluding hydrogens is 114 g/mol. The van der Waals surface area contributed by atoms with E-state index in [9.17, 15) is 4.79 Å². The SMILES string of the molecule is CC1CC(C)C(=O)CN1. The zero-order chi connectivity index (χ0) is 6.85. The number of carbonyl (C=O) groups excluding carboxylic acids is 1. The predicted octanol–water partition coefficient (Wildman–Crippen LogP) is 0.573. The van der Waals surface area contributed by atoms with E-state index in [1.54, 1.807) is 0 Å². The second-order valence-electron chi connectivity index (χ2n) is 2.89. The van der Waals surface area contributed by atoms with Gasteiger partial charge in [-0.2, -0.15) is 0 Å². The lowest BCUT2D eigenvalue weighted by atomic mass is 9.94. The van der Waals surface area contributed by atoms with Crippen molar-refractivity contribution in [1.82, 2.24) is 5.32 Å². The van der Waals surface area contributed by atoms with Crippen LogP contribution in [0.3, 0.4) is 0 Å². The highest BCUT2D eigenvalue weighted by Gasteiger charge is 2.21. The summed E-state index contributed by atoms with van der Waals surface area (Å²) in [5.74, 6) is 0.634. The van der Waals surface area contributed by atoms with Crippen LogP contribution >= 0.6 is 0 Å². The van der Waals surface area contributed by atoms with Gasteiger partial charge in [-0.1, -0.05) is 6.92 Å². The van der Waals surface area contributed by atoms with E-state index >= 15 is 0 Å². The summed E-state index contributed by atoms with van der Waals surface area (Å²) in [4.78, 5) is 10.9. The van der Waals surface area contributed by atoms with E-state index in [-0.39, 0.29) is 5.92 Å². The Hall–Kier alpha value is -0.370. The first-order chi connectivity index (χ1) is 4.20. The number of hydrogen-bond acceptors (Lipinski definition) is 2. The van der Waals surface area contributed by atoms with Crippen LogP contribution in [0.2, 0.25) is 0 Å². The number of piperidine rings is 1. The van der Waals surface area contributed by atoms with Crippen LogP contribution in [0.5, 0.6) is 0 Å². The zero-order valence-electron chi connectivity index (χ0n) is 5.98. The maximum absolute atomic E-state index is 10.9. The summed E-state index contributed by atoms with van der Waals surface area (Å²) in [5, 5.41) is 3.11. The minimum Gasteiger partial charge on any atom is -0.307 e. The molecular formula is C7H13NO. The van der Waals surface area contributed by atoms with Gasteiger partial charge >= 0.3 is 0 Å². The van der Waals surface area contributed by atoms with Gasteiger partial charge in [0.2, 0.25) is 0 Å². The molecule has 2 unspecified atom stereocenters. The van der Waals surface area contributed by atoms with Crippen molar-refractivity contribution in [3.8, 4) is 0 Å². The fourth-order valence-corrected chi connectivity index (χ4v) is 1.19. The van der Waals surface area contributed by atoms with E-state index < -0.39 is 0 Å². The third-order valence-corrected chi connectivity index (χ3v) is 1.88. The lowest BCUT2D eigenvalue weighted by Crippen LogP contribution is -2.41. The van der Waals surface area contributed by atoms with Crippen molar-refractivity contribution in [3.05, 3.63) is 0 Å². The lowest BCUT2D eigenvalue weighted by Gasteiger charge is -2.23. The summed E-state index contributed by atoms with van der Waals surface area (Å²) < 4.78 is 0. The molecule has 2 heteroatoms. The molecule has 0 spiro atoms. The van der Waals surface area contributed by atoms with Gasteiger partial charge in [0, 0.05) is 12.0 Å². The van der Waals surface area contributed by atoms with Gasteiger partial charge in [-0.15, -0.1) is 0 Å². The second-order valence-corrected chi connectivity index (χ2v) is 2.89. The normalized spacial score (nSPS) is 36.9. The molecule has 0 radical (unpaired) electrons. The number of ketones is 1. The Morgan fingerprint density at radius 2 is 2.22 bits per heavy atom. The van der Waals surface area contributed by atoms with Gasteiger partial charge in [0.05, 0.1) is 6.54 Å². The van der Waals surface area contributed by atoms with Crippen LogP contribution in [0.25, 0.3) is 0 Å². The highest BCUT2D eigenvalue weighted by molar-refractivity contribution is 5.83. The number of carbonyl (C=O) groups is 1. The first-order valence-corrected chi connectivity index (χ1v) is 3.46. The van der Waals surface area contributed by atoms with Crippen molar-refractivity contribution in [2.45, 2.75) is 26.3 Å². The van der Waals surface area contributed by atoms with Crippen LogP contribution in [-0.4, -0.2) is 18.4 Å². The van der Waals surface area contributed by atoms with E-state index in [0.717, 1.165) is 6.42 Å². The molecule has 0 aromatic rings. The highest BCUT2D eigenvalue weighted by Crippen LogP contribution is 2.10. The van der Waals surface area contributed by atoms with Gasteiger partial charge in [-0.3, -0.25) is 4.79 Å². The molecule has 1 rings (SSSR count). The van der Waals surface area contributed by atoms with Gasteiger partial charge in [0.15, 0.2) is 0 Å².